The van der Waals surface area contributed by atoms with Crippen molar-refractivity contribution in [3.63, 3.8) is 0 Å². The molecule has 0 aliphatic heterocycles. The van der Waals surface area contributed by atoms with Crippen molar-refractivity contribution in [2.75, 3.05) is 11.1 Å². The standard InChI is InChI=1S/C25H29N5O2S/c1-6-14-30-23(19(5)26-24(32)20-12-10-16(2)11-13-20)28-29-25(30)33-15-22(31)27-21-9-7-8-17(3)18(21)4/h6-13,19H,1,14-15H2,2-5H3,(H,26,32)(H,27,31)/t19-/m0/s1. The maximum absolute atomic E-state index is 12.6. The quantitative estimate of drug-likeness (QED) is 0.357. The van der Waals surface area contributed by atoms with E-state index < -0.39 is 0 Å². The predicted octanol–water partition coefficient (Wildman–Crippen LogP) is 4.61. The minimum Gasteiger partial charge on any atom is -0.342 e. The third-order valence-corrected chi connectivity index (χ3v) is 6.28. The summed E-state index contributed by atoms with van der Waals surface area (Å²) in [6.07, 6.45) is 1.74. The van der Waals surface area contributed by atoms with Crippen LogP contribution in [0.15, 0.2) is 60.3 Å². The Morgan fingerprint density at radius 3 is 2.55 bits per heavy atom. The molecular weight excluding hydrogens is 434 g/mol. The van der Waals surface area contributed by atoms with Crippen LogP contribution in [0, 0.1) is 20.8 Å². The summed E-state index contributed by atoms with van der Waals surface area (Å²) in [5, 5.41) is 15.1. The summed E-state index contributed by atoms with van der Waals surface area (Å²) >= 11 is 1.30. The van der Waals surface area contributed by atoms with Gasteiger partial charge < -0.3 is 15.2 Å². The Bertz CT molecular complexity index is 1150. The SMILES string of the molecule is C=CCn1c(SCC(=O)Nc2cccc(C)c2C)nnc1[C@H](C)NC(=O)c1ccc(C)cc1. The van der Waals surface area contributed by atoms with Crippen LogP contribution < -0.4 is 10.6 Å². The molecular formula is C25H29N5O2S. The van der Waals surface area contributed by atoms with Gasteiger partial charge in [0, 0.05) is 17.8 Å². The first-order valence-electron chi connectivity index (χ1n) is 10.7. The molecule has 0 spiro atoms. The van der Waals surface area contributed by atoms with Gasteiger partial charge in [0.25, 0.3) is 5.91 Å². The number of aromatic nitrogens is 3. The Kier molecular flexibility index (Phi) is 8.06. The molecule has 33 heavy (non-hydrogen) atoms. The summed E-state index contributed by atoms with van der Waals surface area (Å²) in [5.74, 6) is 0.488. The highest BCUT2D eigenvalue weighted by atomic mass is 32.2. The molecule has 2 aromatic carbocycles. The number of hydrogen-bond donors (Lipinski definition) is 2. The van der Waals surface area contributed by atoms with E-state index in [1.54, 1.807) is 18.2 Å². The van der Waals surface area contributed by atoms with Crippen molar-refractivity contribution in [1.29, 1.82) is 0 Å². The summed E-state index contributed by atoms with van der Waals surface area (Å²) in [7, 11) is 0. The highest BCUT2D eigenvalue weighted by Crippen LogP contribution is 2.23. The van der Waals surface area contributed by atoms with Gasteiger partial charge in [-0.05, 0) is 57.0 Å². The summed E-state index contributed by atoms with van der Waals surface area (Å²) < 4.78 is 1.86. The molecule has 2 N–H and O–H groups in total. The first-order chi connectivity index (χ1) is 15.8. The minimum atomic E-state index is -0.371. The molecule has 7 nitrogen and oxygen atoms in total. The monoisotopic (exact) mass is 463 g/mol. The molecule has 0 radical (unpaired) electrons. The number of thioether (sulfide) groups is 1. The number of aryl methyl sites for hydroxylation is 2. The second-order valence-electron chi connectivity index (χ2n) is 7.89. The normalized spacial score (nSPS) is 11.6. The van der Waals surface area contributed by atoms with Crippen LogP contribution in [0.2, 0.25) is 0 Å². The number of anilines is 1. The van der Waals surface area contributed by atoms with Crippen LogP contribution in [0.3, 0.4) is 0 Å². The molecule has 3 aromatic rings. The molecule has 0 saturated carbocycles. The van der Waals surface area contributed by atoms with Crippen molar-refractivity contribution in [2.24, 2.45) is 0 Å². The molecule has 1 heterocycles. The number of allylic oxidation sites excluding steroid dienone is 1. The van der Waals surface area contributed by atoms with Crippen molar-refractivity contribution in [3.8, 4) is 0 Å². The zero-order valence-corrected chi connectivity index (χ0v) is 20.2. The minimum absolute atomic E-state index is 0.121. The van der Waals surface area contributed by atoms with E-state index in [2.05, 4.69) is 27.4 Å². The van der Waals surface area contributed by atoms with Crippen molar-refractivity contribution in [3.05, 3.63) is 83.2 Å². The topological polar surface area (TPSA) is 88.9 Å². The van der Waals surface area contributed by atoms with Crippen LogP contribution in [0.1, 0.15) is 45.8 Å². The van der Waals surface area contributed by atoms with Gasteiger partial charge in [0.2, 0.25) is 5.91 Å². The molecule has 1 atom stereocenters. The molecule has 1 aromatic heterocycles. The Hall–Kier alpha value is -3.39. The molecule has 0 bridgehead atoms. The molecule has 8 heteroatoms. The molecule has 172 valence electrons. The number of amides is 2. The van der Waals surface area contributed by atoms with Gasteiger partial charge in [-0.25, -0.2) is 0 Å². The van der Waals surface area contributed by atoms with Crippen LogP contribution in [0.4, 0.5) is 5.69 Å². The molecule has 0 aliphatic rings. The van der Waals surface area contributed by atoms with E-state index in [1.807, 2.05) is 62.6 Å². The number of benzene rings is 2. The Labute approximate surface area is 198 Å². The van der Waals surface area contributed by atoms with E-state index in [9.17, 15) is 9.59 Å². The molecule has 0 saturated heterocycles. The van der Waals surface area contributed by atoms with Crippen LogP contribution in [0.5, 0.6) is 0 Å². The van der Waals surface area contributed by atoms with Crippen LogP contribution in [0.25, 0.3) is 0 Å². The lowest BCUT2D eigenvalue weighted by Gasteiger charge is -2.15. The maximum atomic E-state index is 12.6. The highest BCUT2D eigenvalue weighted by molar-refractivity contribution is 7.99. The van der Waals surface area contributed by atoms with Crippen LogP contribution in [-0.2, 0) is 11.3 Å². The lowest BCUT2D eigenvalue weighted by molar-refractivity contribution is -0.113. The van der Waals surface area contributed by atoms with E-state index in [0.717, 1.165) is 22.4 Å². The zero-order chi connectivity index (χ0) is 24.0. The Morgan fingerprint density at radius 1 is 1.12 bits per heavy atom. The predicted molar refractivity (Wildman–Crippen MR) is 133 cm³/mol. The van der Waals surface area contributed by atoms with E-state index in [-0.39, 0.29) is 23.6 Å². The average Bonchev–Trinajstić information content (AvgIpc) is 3.19. The van der Waals surface area contributed by atoms with Gasteiger partial charge in [-0.1, -0.05) is 47.7 Å². The smallest absolute Gasteiger partial charge is 0.251 e. The fourth-order valence-electron chi connectivity index (χ4n) is 3.28. The van der Waals surface area contributed by atoms with Gasteiger partial charge in [-0.2, -0.15) is 0 Å². The summed E-state index contributed by atoms with van der Waals surface area (Å²) in [6, 6.07) is 12.8. The number of carbonyl (C=O) groups excluding carboxylic acids is 2. The fraction of sp³-hybridized carbons (Fsp3) is 0.280. The summed E-state index contributed by atoms with van der Waals surface area (Å²) in [4.78, 5) is 25.1. The van der Waals surface area contributed by atoms with Gasteiger partial charge in [0.15, 0.2) is 11.0 Å². The van der Waals surface area contributed by atoms with Crippen LogP contribution >= 0.6 is 11.8 Å². The average molecular weight is 464 g/mol. The highest BCUT2D eigenvalue weighted by Gasteiger charge is 2.20. The summed E-state index contributed by atoms with van der Waals surface area (Å²) in [5.41, 5.74) is 4.65. The van der Waals surface area contributed by atoms with E-state index in [1.165, 1.54) is 11.8 Å². The van der Waals surface area contributed by atoms with Crippen LogP contribution in [-0.4, -0.2) is 32.3 Å². The largest absolute Gasteiger partial charge is 0.342 e. The number of nitrogens with one attached hydrogen (secondary N) is 2. The third kappa shape index (κ3) is 6.10. The lowest BCUT2D eigenvalue weighted by atomic mass is 10.1. The zero-order valence-electron chi connectivity index (χ0n) is 19.4. The number of hydrogen-bond acceptors (Lipinski definition) is 5. The molecule has 0 aliphatic carbocycles. The third-order valence-electron chi connectivity index (χ3n) is 5.32. The molecule has 2 amide bonds. The molecule has 3 rings (SSSR count). The van der Waals surface area contributed by atoms with E-state index in [0.29, 0.717) is 23.1 Å². The van der Waals surface area contributed by atoms with Gasteiger partial charge >= 0.3 is 0 Å². The van der Waals surface area contributed by atoms with Crippen molar-refractivity contribution < 1.29 is 9.59 Å². The van der Waals surface area contributed by atoms with Gasteiger partial charge in [0.05, 0.1) is 11.8 Å². The lowest BCUT2D eigenvalue weighted by Crippen LogP contribution is -2.28. The van der Waals surface area contributed by atoms with Crippen molar-refractivity contribution in [2.45, 2.75) is 45.4 Å². The van der Waals surface area contributed by atoms with Crippen molar-refractivity contribution >= 4 is 29.3 Å². The second kappa shape index (κ2) is 11.0. The van der Waals surface area contributed by atoms with Gasteiger partial charge in [-0.15, -0.1) is 16.8 Å². The number of rotatable bonds is 9. The first kappa shape index (κ1) is 24.3. The second-order valence-corrected chi connectivity index (χ2v) is 8.83. The molecule has 0 fully saturated rings. The first-order valence-corrected chi connectivity index (χ1v) is 11.7. The Balaban J connectivity index is 1.67. The maximum Gasteiger partial charge on any atom is 0.251 e. The van der Waals surface area contributed by atoms with E-state index in [4.69, 9.17) is 0 Å². The van der Waals surface area contributed by atoms with Gasteiger partial charge in [-0.3, -0.25) is 9.59 Å². The number of carbonyl (C=O) groups is 2. The van der Waals surface area contributed by atoms with Gasteiger partial charge in [0.1, 0.15) is 0 Å². The Morgan fingerprint density at radius 2 is 1.85 bits per heavy atom. The number of nitrogens with zero attached hydrogens (tertiary/aromatic N) is 3. The molecule has 0 unspecified atom stereocenters. The van der Waals surface area contributed by atoms with E-state index >= 15 is 0 Å². The summed E-state index contributed by atoms with van der Waals surface area (Å²) in [6.45, 7) is 12.1. The fourth-order valence-corrected chi connectivity index (χ4v) is 4.04. The van der Waals surface area contributed by atoms with Crippen molar-refractivity contribution in [1.82, 2.24) is 20.1 Å².